The first-order valence-corrected chi connectivity index (χ1v) is 13.5. The summed E-state index contributed by atoms with van der Waals surface area (Å²) >= 11 is 5.83. The number of benzene rings is 3. The van der Waals surface area contributed by atoms with E-state index in [0.29, 0.717) is 23.6 Å². The average molecular weight is 549 g/mol. The summed E-state index contributed by atoms with van der Waals surface area (Å²) in [5, 5.41) is 5.63. The van der Waals surface area contributed by atoms with Crippen molar-refractivity contribution < 1.29 is 26.8 Å². The molecule has 0 aromatic heterocycles. The van der Waals surface area contributed by atoms with Gasteiger partial charge < -0.3 is 15.5 Å². The molecular formula is C25H23ClF2N4O4S. The molecule has 0 aliphatic carbocycles. The third-order valence-electron chi connectivity index (χ3n) is 5.67. The number of sulfonamides is 1. The van der Waals surface area contributed by atoms with Crippen molar-refractivity contribution in [3.63, 3.8) is 0 Å². The quantitative estimate of drug-likeness (QED) is 0.404. The predicted molar refractivity (Wildman–Crippen MR) is 139 cm³/mol. The van der Waals surface area contributed by atoms with Crippen LogP contribution in [-0.2, 0) is 14.8 Å². The van der Waals surface area contributed by atoms with E-state index in [9.17, 15) is 18.0 Å². The first kappa shape index (κ1) is 26.4. The Morgan fingerprint density at radius 3 is 2.35 bits per heavy atom. The Balaban J connectivity index is 1.55. The van der Waals surface area contributed by atoms with Crippen molar-refractivity contribution in [2.75, 3.05) is 27.7 Å². The number of carbonyl (C=O) groups excluding carboxylic acids is 2. The lowest BCUT2D eigenvalue weighted by Crippen LogP contribution is -2.53. The van der Waals surface area contributed by atoms with Crippen LogP contribution in [0.2, 0.25) is 5.02 Å². The van der Waals surface area contributed by atoms with Gasteiger partial charge in [0.1, 0.15) is 11.7 Å². The number of nitrogens with zero attached hydrogens (tertiary/aromatic N) is 1. The number of piperidine rings is 1. The van der Waals surface area contributed by atoms with Crippen LogP contribution in [0.25, 0.3) is 11.1 Å². The molecule has 0 radical (unpaired) electrons. The van der Waals surface area contributed by atoms with Gasteiger partial charge in [-0.2, -0.15) is 0 Å². The zero-order valence-corrected chi connectivity index (χ0v) is 21.2. The van der Waals surface area contributed by atoms with Gasteiger partial charge >= 0.3 is 6.03 Å². The van der Waals surface area contributed by atoms with Gasteiger partial charge in [0.15, 0.2) is 11.6 Å². The number of carbonyl (C=O) groups is 2. The van der Waals surface area contributed by atoms with Gasteiger partial charge in [-0.05, 0) is 60.9 Å². The molecule has 1 aliphatic heterocycles. The molecule has 0 spiro atoms. The Morgan fingerprint density at radius 1 is 1.05 bits per heavy atom. The van der Waals surface area contributed by atoms with Crippen LogP contribution in [-0.4, -0.2) is 39.2 Å². The first-order valence-electron chi connectivity index (χ1n) is 11.2. The third-order valence-corrected chi connectivity index (χ3v) is 6.51. The molecular weight excluding hydrogens is 526 g/mol. The number of amides is 3. The number of para-hydroxylation sites is 1. The highest BCUT2D eigenvalue weighted by atomic mass is 35.5. The highest BCUT2D eigenvalue weighted by Gasteiger charge is 2.34. The molecule has 12 heteroatoms. The predicted octanol–water partition coefficient (Wildman–Crippen LogP) is 4.97. The molecule has 1 aliphatic rings. The van der Waals surface area contributed by atoms with E-state index in [1.165, 1.54) is 12.1 Å². The molecule has 3 aromatic carbocycles. The summed E-state index contributed by atoms with van der Waals surface area (Å²) in [6.07, 6.45) is 1.67. The Morgan fingerprint density at radius 2 is 1.70 bits per heavy atom. The van der Waals surface area contributed by atoms with Gasteiger partial charge in [-0.15, -0.1) is 0 Å². The van der Waals surface area contributed by atoms with E-state index < -0.39 is 45.3 Å². The van der Waals surface area contributed by atoms with Gasteiger partial charge in [0.05, 0.1) is 11.9 Å². The molecule has 3 amide bonds. The lowest BCUT2D eigenvalue weighted by molar-refractivity contribution is -0.121. The SMILES string of the molecule is CS(=O)(=O)Nc1ccccc1-c1cc(F)c(N2CCC[C@@H](NC(=O)Nc3ccc(Cl)cc3)C2=O)c(F)c1. The topological polar surface area (TPSA) is 108 Å². The highest BCUT2D eigenvalue weighted by Crippen LogP contribution is 2.35. The van der Waals surface area contributed by atoms with Crippen molar-refractivity contribution in [2.45, 2.75) is 18.9 Å². The van der Waals surface area contributed by atoms with Gasteiger partial charge in [-0.3, -0.25) is 9.52 Å². The fourth-order valence-electron chi connectivity index (χ4n) is 4.09. The zero-order chi connectivity index (χ0) is 26.7. The number of hydrogen-bond acceptors (Lipinski definition) is 4. The van der Waals surface area contributed by atoms with Crippen molar-refractivity contribution in [2.24, 2.45) is 0 Å². The molecule has 1 saturated heterocycles. The van der Waals surface area contributed by atoms with Gasteiger partial charge in [-0.1, -0.05) is 29.8 Å². The number of nitrogens with one attached hydrogen (secondary N) is 3. The zero-order valence-electron chi connectivity index (χ0n) is 19.6. The standard InChI is InChI=1S/C25H23ClF2N4O4S/c1-37(35,36)31-21-6-3-2-5-18(21)15-13-19(27)23(20(28)14-15)32-12-4-7-22(24(32)33)30-25(34)29-17-10-8-16(26)9-11-17/h2-3,5-6,8-11,13-14,22,31H,4,7,12H2,1H3,(H2,29,30,34)/t22-/m1/s1. The van der Waals surface area contributed by atoms with Crippen LogP contribution in [0.5, 0.6) is 0 Å². The van der Waals surface area contributed by atoms with Crippen LogP contribution < -0.4 is 20.3 Å². The van der Waals surface area contributed by atoms with Crippen LogP contribution >= 0.6 is 11.6 Å². The molecule has 3 N–H and O–H groups in total. The van der Waals surface area contributed by atoms with Crippen LogP contribution in [0.15, 0.2) is 60.7 Å². The summed E-state index contributed by atoms with van der Waals surface area (Å²) in [5.74, 6) is -2.64. The summed E-state index contributed by atoms with van der Waals surface area (Å²) in [4.78, 5) is 26.5. The fourth-order valence-corrected chi connectivity index (χ4v) is 4.80. The van der Waals surface area contributed by atoms with Crippen molar-refractivity contribution in [1.29, 1.82) is 0 Å². The van der Waals surface area contributed by atoms with E-state index in [1.807, 2.05) is 0 Å². The Kier molecular flexibility index (Phi) is 7.65. The van der Waals surface area contributed by atoms with Gasteiger partial charge in [-0.25, -0.2) is 22.0 Å². The van der Waals surface area contributed by atoms with E-state index >= 15 is 8.78 Å². The maximum absolute atomic E-state index is 15.3. The van der Waals surface area contributed by atoms with Crippen molar-refractivity contribution in [1.82, 2.24) is 5.32 Å². The van der Waals surface area contributed by atoms with Crippen molar-refractivity contribution >= 4 is 50.6 Å². The highest BCUT2D eigenvalue weighted by molar-refractivity contribution is 7.92. The van der Waals surface area contributed by atoms with Crippen LogP contribution in [0, 0.1) is 11.6 Å². The maximum Gasteiger partial charge on any atom is 0.319 e. The second-order valence-corrected chi connectivity index (χ2v) is 10.7. The summed E-state index contributed by atoms with van der Waals surface area (Å²) in [5.41, 5.74) is 0.432. The Hall–Kier alpha value is -3.70. The van der Waals surface area contributed by atoms with Gasteiger partial charge in [0.25, 0.3) is 0 Å². The van der Waals surface area contributed by atoms with Crippen LogP contribution in [0.1, 0.15) is 12.8 Å². The number of hydrogen-bond donors (Lipinski definition) is 3. The molecule has 1 heterocycles. The first-order chi connectivity index (χ1) is 17.5. The van der Waals surface area contributed by atoms with E-state index in [0.717, 1.165) is 23.3 Å². The minimum absolute atomic E-state index is 0.0647. The molecule has 194 valence electrons. The molecule has 3 aromatic rings. The van der Waals surface area contributed by atoms with Crippen LogP contribution in [0.4, 0.5) is 30.6 Å². The second kappa shape index (κ2) is 10.7. The summed E-state index contributed by atoms with van der Waals surface area (Å²) < 4.78 is 56.2. The molecule has 0 saturated carbocycles. The Bertz CT molecular complexity index is 1430. The normalized spacial score (nSPS) is 15.8. The van der Waals surface area contributed by atoms with Crippen molar-refractivity contribution in [3.05, 3.63) is 77.3 Å². The lowest BCUT2D eigenvalue weighted by Gasteiger charge is -2.33. The smallest absolute Gasteiger partial charge is 0.319 e. The average Bonchev–Trinajstić information content (AvgIpc) is 2.82. The molecule has 4 rings (SSSR count). The van der Waals surface area contributed by atoms with E-state index in [4.69, 9.17) is 11.6 Å². The molecule has 1 fully saturated rings. The monoisotopic (exact) mass is 548 g/mol. The minimum Gasteiger partial charge on any atom is -0.326 e. The lowest BCUT2D eigenvalue weighted by atomic mass is 10.0. The van der Waals surface area contributed by atoms with Gasteiger partial charge in [0.2, 0.25) is 15.9 Å². The number of rotatable bonds is 6. The summed E-state index contributed by atoms with van der Waals surface area (Å²) in [6.45, 7) is 0.0647. The number of halogens is 3. The largest absolute Gasteiger partial charge is 0.326 e. The summed E-state index contributed by atoms with van der Waals surface area (Å²) in [7, 11) is -3.63. The maximum atomic E-state index is 15.3. The van der Waals surface area contributed by atoms with Crippen molar-refractivity contribution in [3.8, 4) is 11.1 Å². The van der Waals surface area contributed by atoms with E-state index in [-0.39, 0.29) is 23.4 Å². The molecule has 8 nitrogen and oxygen atoms in total. The second-order valence-electron chi connectivity index (χ2n) is 8.50. The summed E-state index contributed by atoms with van der Waals surface area (Å²) in [6, 6.07) is 13.0. The molecule has 0 unspecified atom stereocenters. The molecule has 37 heavy (non-hydrogen) atoms. The van der Waals surface area contributed by atoms with E-state index in [2.05, 4.69) is 15.4 Å². The fraction of sp³-hybridized carbons (Fsp3) is 0.200. The van der Waals surface area contributed by atoms with Crippen LogP contribution in [0.3, 0.4) is 0 Å². The number of urea groups is 1. The van der Waals surface area contributed by atoms with E-state index in [1.54, 1.807) is 36.4 Å². The van der Waals surface area contributed by atoms with Gasteiger partial charge in [0, 0.05) is 22.8 Å². The minimum atomic E-state index is -3.63. The third kappa shape index (κ3) is 6.36. The molecule has 1 atom stereocenters. The number of anilines is 3. The Labute approximate surface area is 217 Å². The molecule has 0 bridgehead atoms.